The molecule has 0 saturated heterocycles. The van der Waals surface area contributed by atoms with Crippen molar-refractivity contribution in [3.63, 3.8) is 0 Å². The van der Waals surface area contributed by atoms with Crippen LogP contribution in [0.1, 0.15) is 25.3 Å². The molecule has 1 heterocycles. The first-order valence-corrected chi connectivity index (χ1v) is 6.53. The monoisotopic (exact) mass is 258 g/mol. The molecule has 1 N–H and O–H groups in total. The van der Waals surface area contributed by atoms with E-state index in [0.29, 0.717) is 12.2 Å². The summed E-state index contributed by atoms with van der Waals surface area (Å²) in [5, 5.41) is 3.00. The number of rotatable bonds is 5. The summed E-state index contributed by atoms with van der Waals surface area (Å²) in [6, 6.07) is 7.70. The van der Waals surface area contributed by atoms with E-state index in [-0.39, 0.29) is 11.8 Å². The zero-order chi connectivity index (χ0) is 13.8. The molecule has 19 heavy (non-hydrogen) atoms. The van der Waals surface area contributed by atoms with Gasteiger partial charge in [-0.1, -0.05) is 31.0 Å². The molecule has 4 heteroatoms. The summed E-state index contributed by atoms with van der Waals surface area (Å²) in [4.78, 5) is 25.1. The van der Waals surface area contributed by atoms with E-state index >= 15 is 0 Å². The van der Waals surface area contributed by atoms with Crippen molar-refractivity contribution in [1.82, 2.24) is 4.90 Å². The molecule has 0 saturated carbocycles. The third kappa shape index (κ3) is 3.02. The average Bonchev–Trinajstić information content (AvgIpc) is 2.65. The van der Waals surface area contributed by atoms with Crippen LogP contribution in [0.3, 0.4) is 0 Å². The van der Waals surface area contributed by atoms with E-state index in [1.54, 1.807) is 0 Å². The molecule has 1 aliphatic rings. The van der Waals surface area contributed by atoms with Crippen molar-refractivity contribution in [3.8, 4) is 0 Å². The summed E-state index contributed by atoms with van der Waals surface area (Å²) in [6.07, 6.45) is 3.17. The van der Waals surface area contributed by atoms with Gasteiger partial charge in [-0.3, -0.25) is 14.5 Å². The number of hydrogen-bond donors (Lipinski definition) is 1. The largest absolute Gasteiger partial charge is 0.351 e. The van der Waals surface area contributed by atoms with Crippen LogP contribution in [-0.2, 0) is 9.59 Å². The average molecular weight is 258 g/mol. The minimum absolute atomic E-state index is 0.229. The van der Waals surface area contributed by atoms with Gasteiger partial charge in [0.25, 0.3) is 11.8 Å². The Morgan fingerprint density at radius 2 is 1.84 bits per heavy atom. The molecule has 2 rings (SSSR count). The van der Waals surface area contributed by atoms with Gasteiger partial charge in [0.15, 0.2) is 0 Å². The number of unbranched alkanes of at least 4 members (excludes halogenated alkanes) is 1. The van der Waals surface area contributed by atoms with Gasteiger partial charge in [0, 0.05) is 18.3 Å². The second kappa shape index (κ2) is 5.69. The van der Waals surface area contributed by atoms with Gasteiger partial charge in [-0.15, -0.1) is 0 Å². The third-order valence-electron chi connectivity index (χ3n) is 3.08. The quantitative estimate of drug-likeness (QED) is 0.825. The van der Waals surface area contributed by atoms with Gasteiger partial charge in [0.2, 0.25) is 0 Å². The molecule has 4 nitrogen and oxygen atoms in total. The predicted octanol–water partition coefficient (Wildman–Crippen LogP) is 2.46. The second-order valence-electron chi connectivity index (χ2n) is 4.70. The maximum absolute atomic E-state index is 12.1. The zero-order valence-electron chi connectivity index (χ0n) is 11.3. The summed E-state index contributed by atoms with van der Waals surface area (Å²) >= 11 is 0. The number of nitrogens with one attached hydrogen (secondary N) is 1. The number of anilines is 1. The van der Waals surface area contributed by atoms with E-state index in [1.165, 1.54) is 11.0 Å². The molecule has 100 valence electrons. The topological polar surface area (TPSA) is 49.4 Å². The van der Waals surface area contributed by atoms with E-state index in [9.17, 15) is 9.59 Å². The van der Waals surface area contributed by atoms with Crippen LogP contribution in [0.5, 0.6) is 0 Å². The number of carbonyl (C=O) groups excluding carboxylic acids is 2. The summed E-state index contributed by atoms with van der Waals surface area (Å²) in [7, 11) is 0. The molecule has 0 bridgehead atoms. The minimum atomic E-state index is -0.237. The molecule has 1 aromatic rings. The van der Waals surface area contributed by atoms with Crippen molar-refractivity contribution in [2.24, 2.45) is 0 Å². The Morgan fingerprint density at radius 1 is 1.16 bits per heavy atom. The Hall–Kier alpha value is -2.10. The lowest BCUT2D eigenvalue weighted by Crippen LogP contribution is -2.32. The third-order valence-corrected chi connectivity index (χ3v) is 3.08. The van der Waals surface area contributed by atoms with Crippen molar-refractivity contribution in [1.29, 1.82) is 0 Å². The van der Waals surface area contributed by atoms with Gasteiger partial charge in [-0.25, -0.2) is 0 Å². The number of nitrogens with zero attached hydrogens (tertiary/aromatic N) is 1. The predicted molar refractivity (Wildman–Crippen MR) is 74.5 cm³/mol. The molecular formula is C15H18N2O2. The fourth-order valence-corrected chi connectivity index (χ4v) is 1.92. The first-order valence-electron chi connectivity index (χ1n) is 6.53. The number of imide groups is 1. The number of amides is 2. The van der Waals surface area contributed by atoms with Gasteiger partial charge in [0.05, 0.1) is 0 Å². The Morgan fingerprint density at radius 3 is 2.47 bits per heavy atom. The summed E-state index contributed by atoms with van der Waals surface area (Å²) in [5.41, 5.74) is 2.32. The van der Waals surface area contributed by atoms with E-state index in [4.69, 9.17) is 0 Å². The molecule has 0 unspecified atom stereocenters. The van der Waals surface area contributed by atoms with Crippen LogP contribution in [0.15, 0.2) is 36.0 Å². The van der Waals surface area contributed by atoms with Crippen molar-refractivity contribution >= 4 is 17.5 Å². The number of benzene rings is 1. The van der Waals surface area contributed by atoms with Gasteiger partial charge >= 0.3 is 0 Å². The molecule has 0 fully saturated rings. The van der Waals surface area contributed by atoms with E-state index in [1.807, 2.05) is 38.1 Å². The van der Waals surface area contributed by atoms with Crippen LogP contribution < -0.4 is 5.32 Å². The van der Waals surface area contributed by atoms with E-state index < -0.39 is 0 Å². The smallest absolute Gasteiger partial charge is 0.277 e. The first-order chi connectivity index (χ1) is 9.11. The zero-order valence-corrected chi connectivity index (χ0v) is 11.3. The van der Waals surface area contributed by atoms with Crippen molar-refractivity contribution in [2.75, 3.05) is 11.9 Å². The summed E-state index contributed by atoms with van der Waals surface area (Å²) < 4.78 is 0. The van der Waals surface area contributed by atoms with Gasteiger partial charge < -0.3 is 5.32 Å². The highest BCUT2D eigenvalue weighted by molar-refractivity contribution is 6.17. The standard InChI is InChI=1S/C15H18N2O2/c1-3-4-9-17-14(18)10-13(15(17)19)16-12-7-5-11(2)6-8-12/h5-8,10,16H,3-4,9H2,1-2H3. The maximum Gasteiger partial charge on any atom is 0.277 e. The van der Waals surface area contributed by atoms with Crippen LogP contribution in [0.25, 0.3) is 0 Å². The summed E-state index contributed by atoms with van der Waals surface area (Å²) in [5.74, 6) is -0.466. The number of aryl methyl sites for hydroxylation is 1. The van der Waals surface area contributed by atoms with Gasteiger partial charge in [0.1, 0.15) is 5.70 Å². The molecule has 0 aromatic heterocycles. The van der Waals surface area contributed by atoms with E-state index in [2.05, 4.69) is 5.32 Å². The highest BCUT2D eigenvalue weighted by atomic mass is 16.2. The Labute approximate surface area is 113 Å². The molecule has 1 aliphatic heterocycles. The van der Waals surface area contributed by atoms with Crippen LogP contribution >= 0.6 is 0 Å². The molecule has 0 spiro atoms. The fourth-order valence-electron chi connectivity index (χ4n) is 1.92. The van der Waals surface area contributed by atoms with Gasteiger partial charge in [-0.05, 0) is 25.5 Å². The highest BCUT2D eigenvalue weighted by Crippen LogP contribution is 2.17. The lowest BCUT2D eigenvalue weighted by Gasteiger charge is -2.14. The highest BCUT2D eigenvalue weighted by Gasteiger charge is 2.30. The lowest BCUT2D eigenvalue weighted by atomic mass is 10.2. The van der Waals surface area contributed by atoms with Crippen LogP contribution in [-0.4, -0.2) is 23.3 Å². The minimum Gasteiger partial charge on any atom is -0.351 e. The molecule has 2 amide bonds. The van der Waals surface area contributed by atoms with Crippen LogP contribution in [0.2, 0.25) is 0 Å². The molecule has 0 atom stereocenters. The first kappa shape index (κ1) is 13.3. The summed E-state index contributed by atoms with van der Waals surface area (Å²) in [6.45, 7) is 4.52. The molecule has 0 aliphatic carbocycles. The van der Waals surface area contributed by atoms with Crippen molar-refractivity contribution in [2.45, 2.75) is 26.7 Å². The number of carbonyl (C=O) groups is 2. The molecule has 0 radical (unpaired) electrons. The van der Waals surface area contributed by atoms with Crippen LogP contribution in [0, 0.1) is 6.92 Å². The molecular weight excluding hydrogens is 240 g/mol. The normalized spacial score (nSPS) is 14.8. The lowest BCUT2D eigenvalue weighted by molar-refractivity contribution is -0.137. The Balaban J connectivity index is 2.05. The Bertz CT molecular complexity index is 517. The van der Waals surface area contributed by atoms with Crippen LogP contribution in [0.4, 0.5) is 5.69 Å². The second-order valence-corrected chi connectivity index (χ2v) is 4.70. The van der Waals surface area contributed by atoms with Gasteiger partial charge in [-0.2, -0.15) is 0 Å². The van der Waals surface area contributed by atoms with Crippen molar-refractivity contribution in [3.05, 3.63) is 41.6 Å². The van der Waals surface area contributed by atoms with E-state index in [0.717, 1.165) is 24.1 Å². The Kier molecular flexibility index (Phi) is 4.00. The number of hydrogen-bond acceptors (Lipinski definition) is 3. The maximum atomic E-state index is 12.1. The SMILES string of the molecule is CCCCN1C(=O)C=C(Nc2ccc(C)cc2)C1=O. The van der Waals surface area contributed by atoms with Crippen molar-refractivity contribution < 1.29 is 9.59 Å². The molecule has 1 aromatic carbocycles. The fraction of sp³-hybridized carbons (Fsp3) is 0.333.